The van der Waals surface area contributed by atoms with Crippen LogP contribution in [-0.4, -0.2) is 12.1 Å². The first-order valence-electron chi connectivity index (χ1n) is 5.81. The molecule has 1 atom stereocenters. The predicted molar refractivity (Wildman–Crippen MR) is 59.3 cm³/mol. The van der Waals surface area contributed by atoms with Gasteiger partial charge in [-0.05, 0) is 36.5 Å². The molecule has 0 radical (unpaired) electrons. The van der Waals surface area contributed by atoms with Crippen LogP contribution in [-0.2, 0) is 4.79 Å². The van der Waals surface area contributed by atoms with Crippen LogP contribution < -0.4 is 4.74 Å². The monoisotopic (exact) mass is 258 g/mol. The number of hydrogen-bond donors (Lipinski definition) is 0. The van der Waals surface area contributed by atoms with E-state index in [0.29, 0.717) is 12.8 Å². The molecule has 1 aliphatic rings. The summed E-state index contributed by atoms with van der Waals surface area (Å²) in [6.45, 7) is 0. The first-order chi connectivity index (χ1) is 8.44. The summed E-state index contributed by atoms with van der Waals surface area (Å²) < 4.78 is 39.7. The van der Waals surface area contributed by atoms with Crippen LogP contribution in [0.4, 0.5) is 13.2 Å². The predicted octanol–water partition coefficient (Wildman–Crippen LogP) is 3.81. The van der Waals surface area contributed by atoms with Crippen molar-refractivity contribution < 1.29 is 22.7 Å². The highest BCUT2D eigenvalue weighted by atomic mass is 19.4. The lowest BCUT2D eigenvalue weighted by molar-refractivity contribution is -0.274. The SMILES string of the molecule is O=C1CCCC(c2ccc(OC(F)(F)F)cc2)C1. The quantitative estimate of drug-likeness (QED) is 0.806. The number of carbonyl (C=O) groups is 1. The van der Waals surface area contributed by atoms with Crippen LogP contribution in [0.3, 0.4) is 0 Å². The fraction of sp³-hybridized carbons (Fsp3) is 0.462. The van der Waals surface area contributed by atoms with E-state index in [0.717, 1.165) is 18.4 Å². The average molecular weight is 258 g/mol. The summed E-state index contributed by atoms with van der Waals surface area (Å²) in [4.78, 5) is 11.3. The van der Waals surface area contributed by atoms with Crippen molar-refractivity contribution in [3.8, 4) is 5.75 Å². The molecule has 0 spiro atoms. The summed E-state index contributed by atoms with van der Waals surface area (Å²) in [7, 11) is 0. The minimum absolute atomic E-state index is 0.131. The number of alkyl halides is 3. The van der Waals surface area contributed by atoms with Crippen LogP contribution in [0.25, 0.3) is 0 Å². The zero-order valence-electron chi connectivity index (χ0n) is 9.67. The maximum Gasteiger partial charge on any atom is 0.573 e. The van der Waals surface area contributed by atoms with Gasteiger partial charge >= 0.3 is 6.36 Å². The summed E-state index contributed by atoms with van der Waals surface area (Å²) in [5.74, 6) is 0.126. The molecule has 0 heterocycles. The number of carbonyl (C=O) groups excluding carboxylic acids is 1. The van der Waals surface area contributed by atoms with Crippen LogP contribution in [0.2, 0.25) is 0 Å². The van der Waals surface area contributed by atoms with Gasteiger partial charge in [0.05, 0.1) is 0 Å². The Morgan fingerprint density at radius 3 is 2.39 bits per heavy atom. The average Bonchev–Trinajstić information content (AvgIpc) is 2.28. The minimum Gasteiger partial charge on any atom is -0.406 e. The highest BCUT2D eigenvalue weighted by molar-refractivity contribution is 5.80. The van der Waals surface area contributed by atoms with Gasteiger partial charge in [0.15, 0.2) is 0 Å². The van der Waals surface area contributed by atoms with E-state index in [-0.39, 0.29) is 17.5 Å². The topological polar surface area (TPSA) is 26.3 Å². The maximum atomic E-state index is 12.0. The second-order valence-corrected chi connectivity index (χ2v) is 4.45. The Morgan fingerprint density at radius 1 is 1.17 bits per heavy atom. The Kier molecular flexibility index (Phi) is 3.59. The van der Waals surface area contributed by atoms with Crippen LogP contribution in [0, 0.1) is 0 Å². The number of halogens is 3. The standard InChI is InChI=1S/C13H13F3O2/c14-13(15,16)18-12-6-4-9(5-7-12)10-2-1-3-11(17)8-10/h4-7,10H,1-3,8H2. The molecule has 0 amide bonds. The first-order valence-corrected chi connectivity index (χ1v) is 5.81. The molecule has 1 unspecified atom stereocenters. The number of ether oxygens (including phenoxy) is 1. The lowest BCUT2D eigenvalue weighted by atomic mass is 9.83. The van der Waals surface area contributed by atoms with Crippen molar-refractivity contribution >= 4 is 5.78 Å². The van der Waals surface area contributed by atoms with E-state index in [4.69, 9.17) is 0 Å². The Balaban J connectivity index is 2.05. The highest BCUT2D eigenvalue weighted by Crippen LogP contribution is 2.32. The molecule has 0 aliphatic heterocycles. The van der Waals surface area contributed by atoms with E-state index in [1.807, 2.05) is 0 Å². The number of rotatable bonds is 2. The van der Waals surface area contributed by atoms with Crippen molar-refractivity contribution in [2.24, 2.45) is 0 Å². The summed E-state index contributed by atoms with van der Waals surface area (Å²) in [6.07, 6.45) is -1.80. The Bertz CT molecular complexity index is 423. The van der Waals surface area contributed by atoms with Crippen LogP contribution in [0.5, 0.6) is 5.75 Å². The molecule has 0 saturated heterocycles. The molecule has 0 bridgehead atoms. The second-order valence-electron chi connectivity index (χ2n) is 4.45. The van der Waals surface area contributed by atoms with Crippen molar-refractivity contribution in [1.29, 1.82) is 0 Å². The molecule has 5 heteroatoms. The molecule has 1 aliphatic carbocycles. The smallest absolute Gasteiger partial charge is 0.406 e. The molecule has 1 fully saturated rings. The van der Waals surface area contributed by atoms with Crippen molar-refractivity contribution in [3.05, 3.63) is 29.8 Å². The molecule has 98 valence electrons. The number of hydrogen-bond acceptors (Lipinski definition) is 2. The minimum atomic E-state index is -4.66. The molecular formula is C13H13F3O2. The molecule has 0 aromatic heterocycles. The van der Waals surface area contributed by atoms with Gasteiger partial charge in [0, 0.05) is 12.8 Å². The Morgan fingerprint density at radius 2 is 1.83 bits per heavy atom. The van der Waals surface area contributed by atoms with Crippen LogP contribution >= 0.6 is 0 Å². The molecule has 1 saturated carbocycles. The normalized spacial score (nSPS) is 20.8. The third-order valence-electron chi connectivity index (χ3n) is 3.07. The van der Waals surface area contributed by atoms with Crippen molar-refractivity contribution in [2.45, 2.75) is 38.0 Å². The maximum absolute atomic E-state index is 12.0. The van der Waals surface area contributed by atoms with E-state index >= 15 is 0 Å². The summed E-state index contributed by atoms with van der Waals surface area (Å²) >= 11 is 0. The van der Waals surface area contributed by atoms with Crippen molar-refractivity contribution in [2.75, 3.05) is 0 Å². The van der Waals surface area contributed by atoms with E-state index in [1.54, 1.807) is 12.1 Å². The van der Waals surface area contributed by atoms with Gasteiger partial charge in [0.1, 0.15) is 11.5 Å². The highest BCUT2D eigenvalue weighted by Gasteiger charge is 2.31. The van der Waals surface area contributed by atoms with Gasteiger partial charge in [-0.1, -0.05) is 12.1 Å². The zero-order chi connectivity index (χ0) is 13.2. The van der Waals surface area contributed by atoms with E-state index < -0.39 is 6.36 Å². The first kappa shape index (κ1) is 12.9. The molecule has 2 nitrogen and oxygen atoms in total. The Hall–Kier alpha value is -1.52. The van der Waals surface area contributed by atoms with Gasteiger partial charge in [0.25, 0.3) is 0 Å². The van der Waals surface area contributed by atoms with E-state index in [2.05, 4.69) is 4.74 Å². The summed E-state index contributed by atoms with van der Waals surface area (Å²) in [5.41, 5.74) is 0.901. The summed E-state index contributed by atoms with van der Waals surface area (Å²) in [5, 5.41) is 0. The third-order valence-corrected chi connectivity index (χ3v) is 3.07. The zero-order valence-corrected chi connectivity index (χ0v) is 9.67. The second kappa shape index (κ2) is 5.00. The van der Waals surface area contributed by atoms with Gasteiger partial charge in [-0.25, -0.2) is 0 Å². The largest absolute Gasteiger partial charge is 0.573 e. The molecule has 1 aromatic rings. The van der Waals surface area contributed by atoms with Gasteiger partial charge in [-0.15, -0.1) is 13.2 Å². The van der Waals surface area contributed by atoms with E-state index in [1.165, 1.54) is 12.1 Å². The lowest BCUT2D eigenvalue weighted by Gasteiger charge is -2.21. The summed E-state index contributed by atoms with van der Waals surface area (Å²) in [6, 6.07) is 5.79. The fourth-order valence-electron chi connectivity index (χ4n) is 2.25. The van der Waals surface area contributed by atoms with Crippen LogP contribution in [0.15, 0.2) is 24.3 Å². The van der Waals surface area contributed by atoms with Gasteiger partial charge < -0.3 is 4.74 Å². The third kappa shape index (κ3) is 3.48. The number of ketones is 1. The molecular weight excluding hydrogens is 245 g/mol. The molecule has 18 heavy (non-hydrogen) atoms. The number of benzene rings is 1. The van der Waals surface area contributed by atoms with Gasteiger partial charge in [0.2, 0.25) is 0 Å². The Labute approximate surface area is 103 Å². The lowest BCUT2D eigenvalue weighted by Crippen LogP contribution is -2.17. The van der Waals surface area contributed by atoms with Gasteiger partial charge in [-0.3, -0.25) is 4.79 Å². The van der Waals surface area contributed by atoms with Gasteiger partial charge in [-0.2, -0.15) is 0 Å². The van der Waals surface area contributed by atoms with Crippen molar-refractivity contribution in [3.63, 3.8) is 0 Å². The van der Waals surface area contributed by atoms with Crippen LogP contribution in [0.1, 0.15) is 37.2 Å². The fourth-order valence-corrected chi connectivity index (χ4v) is 2.25. The molecule has 0 N–H and O–H groups in total. The molecule has 2 rings (SSSR count). The molecule has 1 aromatic carbocycles. The van der Waals surface area contributed by atoms with E-state index in [9.17, 15) is 18.0 Å². The van der Waals surface area contributed by atoms with Crippen molar-refractivity contribution in [1.82, 2.24) is 0 Å². The number of Topliss-reactive ketones (excluding diaryl/α,β-unsaturated/α-hetero) is 1.